The van der Waals surface area contributed by atoms with Crippen molar-refractivity contribution in [2.45, 2.75) is 26.1 Å². The van der Waals surface area contributed by atoms with Crippen molar-refractivity contribution in [3.05, 3.63) is 34.3 Å². The van der Waals surface area contributed by atoms with Crippen molar-refractivity contribution in [3.8, 4) is 0 Å². The van der Waals surface area contributed by atoms with E-state index in [9.17, 15) is 18.0 Å². The summed E-state index contributed by atoms with van der Waals surface area (Å²) in [5.74, 6) is 0. The summed E-state index contributed by atoms with van der Waals surface area (Å²) < 4.78 is 44.2. The number of amides is 1. The summed E-state index contributed by atoms with van der Waals surface area (Å²) in [6, 6.07) is 2.75. The van der Waals surface area contributed by atoms with Gasteiger partial charge in [-0.2, -0.15) is 13.2 Å². The first-order valence-corrected chi connectivity index (χ1v) is 6.29. The number of carbonyl (C=O) groups excluding carboxylic acids is 1. The minimum absolute atomic E-state index is 0. The minimum Gasteiger partial charge on any atom is -0.449 e. The van der Waals surface area contributed by atoms with Crippen LogP contribution in [0.4, 0.5) is 18.0 Å². The van der Waals surface area contributed by atoms with E-state index in [0.29, 0.717) is 0 Å². The third-order valence-corrected chi connectivity index (χ3v) is 3.49. The van der Waals surface area contributed by atoms with Crippen LogP contribution in [0.5, 0.6) is 0 Å². The van der Waals surface area contributed by atoms with Crippen LogP contribution in [0.2, 0.25) is 5.02 Å². The maximum absolute atomic E-state index is 13.1. The molecule has 1 saturated heterocycles. The lowest BCUT2D eigenvalue weighted by atomic mass is 9.79. The maximum atomic E-state index is 13.1. The van der Waals surface area contributed by atoms with Crippen LogP contribution in [0.15, 0.2) is 18.2 Å². The molecule has 118 valence electrons. The SMILES string of the molecule is CC1(C)COC(=O)N[C@H]1c1ccc(Cl)cc1C(F)(F)F.Cl. The van der Waals surface area contributed by atoms with Crippen LogP contribution in [0.1, 0.15) is 31.0 Å². The fourth-order valence-electron chi connectivity index (χ4n) is 2.21. The molecule has 0 bridgehead atoms. The second-order valence-corrected chi connectivity index (χ2v) is 5.81. The Morgan fingerprint density at radius 1 is 1.38 bits per heavy atom. The van der Waals surface area contributed by atoms with Crippen LogP contribution in [0.3, 0.4) is 0 Å². The Kier molecular flexibility index (Phi) is 5.05. The van der Waals surface area contributed by atoms with Crippen molar-refractivity contribution in [1.29, 1.82) is 0 Å². The van der Waals surface area contributed by atoms with E-state index in [1.807, 2.05) is 0 Å². The monoisotopic (exact) mass is 343 g/mol. The Bertz CT molecular complexity index is 547. The zero-order chi connectivity index (χ0) is 15.1. The van der Waals surface area contributed by atoms with Gasteiger partial charge in [-0.3, -0.25) is 0 Å². The molecular formula is C13H14Cl2F3NO2. The van der Waals surface area contributed by atoms with Crippen LogP contribution in [0, 0.1) is 5.41 Å². The van der Waals surface area contributed by atoms with E-state index < -0.39 is 29.3 Å². The van der Waals surface area contributed by atoms with Gasteiger partial charge in [-0.1, -0.05) is 31.5 Å². The highest BCUT2D eigenvalue weighted by Gasteiger charge is 2.43. The molecule has 1 aliphatic rings. The van der Waals surface area contributed by atoms with E-state index in [2.05, 4.69) is 5.32 Å². The van der Waals surface area contributed by atoms with E-state index in [-0.39, 0.29) is 29.6 Å². The molecule has 0 radical (unpaired) electrons. The average molecular weight is 344 g/mol. The number of cyclic esters (lactones) is 1. The number of halogens is 5. The van der Waals surface area contributed by atoms with Gasteiger partial charge in [0.1, 0.15) is 6.61 Å². The van der Waals surface area contributed by atoms with Crippen LogP contribution >= 0.6 is 24.0 Å². The van der Waals surface area contributed by atoms with Gasteiger partial charge in [0.2, 0.25) is 0 Å². The molecule has 21 heavy (non-hydrogen) atoms. The third kappa shape index (κ3) is 3.74. The fraction of sp³-hybridized carbons (Fsp3) is 0.462. The Balaban J connectivity index is 0.00000220. The molecule has 1 amide bonds. The number of alkyl halides is 3. The van der Waals surface area contributed by atoms with Crippen molar-refractivity contribution < 1.29 is 22.7 Å². The number of rotatable bonds is 1. The molecular weight excluding hydrogens is 330 g/mol. The van der Waals surface area contributed by atoms with Crippen molar-refractivity contribution in [2.24, 2.45) is 5.41 Å². The lowest BCUT2D eigenvalue weighted by molar-refractivity contribution is -0.139. The van der Waals surface area contributed by atoms with E-state index in [0.717, 1.165) is 6.07 Å². The molecule has 1 fully saturated rings. The van der Waals surface area contributed by atoms with Gasteiger partial charge in [-0.25, -0.2) is 4.79 Å². The van der Waals surface area contributed by atoms with Crippen LogP contribution in [0.25, 0.3) is 0 Å². The predicted molar refractivity (Wildman–Crippen MR) is 74.7 cm³/mol. The van der Waals surface area contributed by atoms with Crippen LogP contribution in [-0.4, -0.2) is 12.7 Å². The van der Waals surface area contributed by atoms with E-state index in [1.165, 1.54) is 12.1 Å². The summed E-state index contributed by atoms with van der Waals surface area (Å²) >= 11 is 5.65. The summed E-state index contributed by atoms with van der Waals surface area (Å²) in [5, 5.41) is 2.45. The molecule has 0 aliphatic carbocycles. The summed E-state index contributed by atoms with van der Waals surface area (Å²) in [7, 11) is 0. The summed E-state index contributed by atoms with van der Waals surface area (Å²) in [6.45, 7) is 3.50. The molecule has 1 N–H and O–H groups in total. The number of carbonyl (C=O) groups is 1. The molecule has 8 heteroatoms. The summed E-state index contributed by atoms with van der Waals surface area (Å²) in [4.78, 5) is 11.3. The zero-order valence-electron chi connectivity index (χ0n) is 11.3. The zero-order valence-corrected chi connectivity index (χ0v) is 12.8. The molecule has 0 saturated carbocycles. The van der Waals surface area contributed by atoms with Gasteiger partial charge in [-0.15, -0.1) is 12.4 Å². The van der Waals surface area contributed by atoms with Crippen LogP contribution < -0.4 is 5.32 Å². The maximum Gasteiger partial charge on any atom is 0.416 e. The predicted octanol–water partition coefficient (Wildman–Crippen LogP) is 4.59. The molecule has 1 aromatic rings. The summed E-state index contributed by atoms with van der Waals surface area (Å²) in [6.07, 6.45) is -5.27. The van der Waals surface area contributed by atoms with Crippen molar-refractivity contribution in [2.75, 3.05) is 6.61 Å². The lowest BCUT2D eigenvalue weighted by Gasteiger charge is -2.39. The third-order valence-electron chi connectivity index (χ3n) is 3.25. The second-order valence-electron chi connectivity index (χ2n) is 5.37. The topological polar surface area (TPSA) is 38.3 Å². The molecule has 1 aliphatic heterocycles. The van der Waals surface area contributed by atoms with E-state index in [1.54, 1.807) is 13.8 Å². The molecule has 1 heterocycles. The van der Waals surface area contributed by atoms with Gasteiger partial charge in [-0.05, 0) is 17.7 Å². The van der Waals surface area contributed by atoms with Gasteiger partial charge in [0.05, 0.1) is 11.6 Å². The highest BCUT2D eigenvalue weighted by atomic mass is 35.5. The molecule has 2 rings (SSSR count). The molecule has 0 unspecified atom stereocenters. The van der Waals surface area contributed by atoms with Gasteiger partial charge in [0.25, 0.3) is 0 Å². The number of hydrogen-bond acceptors (Lipinski definition) is 2. The smallest absolute Gasteiger partial charge is 0.416 e. The number of benzene rings is 1. The molecule has 3 nitrogen and oxygen atoms in total. The van der Waals surface area contributed by atoms with Crippen molar-refractivity contribution in [1.82, 2.24) is 5.32 Å². The van der Waals surface area contributed by atoms with Gasteiger partial charge < -0.3 is 10.1 Å². The average Bonchev–Trinajstić information content (AvgIpc) is 2.31. The van der Waals surface area contributed by atoms with Crippen molar-refractivity contribution in [3.63, 3.8) is 0 Å². The Labute approximate surface area is 131 Å². The largest absolute Gasteiger partial charge is 0.449 e. The van der Waals surface area contributed by atoms with E-state index in [4.69, 9.17) is 16.3 Å². The standard InChI is InChI=1S/C13H13ClF3NO2.ClH/c1-12(2)6-20-11(19)18-10(12)8-4-3-7(14)5-9(8)13(15,16)17;/h3-5,10H,6H2,1-2H3,(H,18,19);1H/t10-;/m0./s1. The Morgan fingerprint density at radius 2 is 2.00 bits per heavy atom. The first-order valence-electron chi connectivity index (χ1n) is 5.91. The first kappa shape index (κ1) is 17.9. The Hall–Kier alpha value is -1.14. The molecule has 0 aromatic heterocycles. The van der Waals surface area contributed by atoms with Gasteiger partial charge >= 0.3 is 12.3 Å². The highest BCUT2D eigenvalue weighted by molar-refractivity contribution is 6.30. The number of ether oxygens (including phenoxy) is 1. The second kappa shape index (κ2) is 5.93. The fourth-order valence-corrected chi connectivity index (χ4v) is 2.39. The quantitative estimate of drug-likeness (QED) is 0.809. The van der Waals surface area contributed by atoms with Crippen molar-refractivity contribution >= 4 is 30.1 Å². The lowest BCUT2D eigenvalue weighted by Crippen LogP contribution is -2.47. The minimum atomic E-state index is -4.54. The highest BCUT2D eigenvalue weighted by Crippen LogP contribution is 2.43. The molecule has 0 spiro atoms. The number of nitrogens with one attached hydrogen (secondary N) is 1. The van der Waals surface area contributed by atoms with Gasteiger partial charge in [0, 0.05) is 10.4 Å². The Morgan fingerprint density at radius 3 is 2.57 bits per heavy atom. The normalized spacial score (nSPS) is 21.0. The molecule has 1 aromatic carbocycles. The van der Waals surface area contributed by atoms with E-state index >= 15 is 0 Å². The van der Waals surface area contributed by atoms with Gasteiger partial charge in [0.15, 0.2) is 0 Å². The summed E-state index contributed by atoms with van der Waals surface area (Å²) in [5.41, 5.74) is -1.52. The first-order chi connectivity index (χ1) is 9.11. The molecule has 1 atom stereocenters. The number of alkyl carbamates (subject to hydrolysis) is 1. The van der Waals surface area contributed by atoms with Crippen LogP contribution in [-0.2, 0) is 10.9 Å². The number of hydrogen-bond donors (Lipinski definition) is 1.